The summed E-state index contributed by atoms with van der Waals surface area (Å²) >= 11 is 0. The zero-order chi connectivity index (χ0) is 71.5. The Hall–Kier alpha value is -4.37. The Bertz CT molecular complexity index is 2190. The number of ether oxygens (including phenoxy) is 2. The van der Waals surface area contributed by atoms with Crippen LogP contribution in [0.3, 0.4) is 0 Å². The van der Waals surface area contributed by atoms with Gasteiger partial charge < -0.3 is 20.1 Å². The summed E-state index contributed by atoms with van der Waals surface area (Å²) in [5, 5.41) is 0. The monoisotopic (exact) mass is 1390 g/mol. The van der Waals surface area contributed by atoms with E-state index in [9.17, 15) is 19.0 Å². The van der Waals surface area contributed by atoms with Crippen molar-refractivity contribution < 1.29 is 37.6 Å². The second kappa shape index (κ2) is 82.6. The molecule has 0 aromatic heterocycles. The zero-order valence-corrected chi connectivity index (χ0v) is 64.8. The first-order valence-electron chi connectivity index (χ1n) is 41.0. The van der Waals surface area contributed by atoms with Crippen molar-refractivity contribution in [3.8, 4) is 0 Å². The van der Waals surface area contributed by atoms with Gasteiger partial charge in [0.15, 0.2) is 6.10 Å². The lowest BCUT2D eigenvalue weighted by Gasteiger charge is -2.19. The lowest BCUT2D eigenvalue weighted by molar-refractivity contribution is -0.161. The normalized spacial score (nSPS) is 13.7. The van der Waals surface area contributed by atoms with E-state index in [1.54, 1.807) is 0 Å². The van der Waals surface area contributed by atoms with E-state index in [1.165, 1.54) is 205 Å². The molecule has 0 spiro atoms. The van der Waals surface area contributed by atoms with E-state index < -0.39 is 26.5 Å². The minimum absolute atomic E-state index is 0.0501. The standard InChI is InChI=1S/C89H152NO8P/c1-3-5-7-9-11-13-15-17-19-21-23-25-27-29-31-33-35-37-39-41-42-43-44-46-48-50-52-54-56-58-60-62-64-66-68-70-72-74-76-78-80-82-89(92)98-87(86-97-99(93,94)96-84-83-90)85-95-88(91)81-79-77-75-73-71-69-67-65-63-61-59-57-55-53-51-49-47-45-40-38-36-34-32-30-28-26-24-22-20-18-16-14-12-10-8-6-4-2/h5-8,11-14,17-20,23-26,29-32,35,37,41-42,44,46,87H,3-4,9-10,15-16,21-22,27-28,33-34,36,38-40,43,45,47-86,90H2,1-2H3,(H,93,94)/b7-5-,8-6-,13-11-,14-12-,19-17-,20-18-,25-23-,26-24-,31-29-,32-30-,37-35-,42-41-,46-44-. The highest BCUT2D eigenvalue weighted by Crippen LogP contribution is 2.43. The number of esters is 2. The molecule has 0 aliphatic carbocycles. The van der Waals surface area contributed by atoms with E-state index in [1.807, 2.05) is 0 Å². The van der Waals surface area contributed by atoms with Crippen molar-refractivity contribution in [3.05, 3.63) is 158 Å². The molecule has 0 saturated heterocycles. The highest BCUT2D eigenvalue weighted by molar-refractivity contribution is 7.47. The Morgan fingerprint density at radius 2 is 0.525 bits per heavy atom. The van der Waals surface area contributed by atoms with Crippen molar-refractivity contribution in [2.75, 3.05) is 26.4 Å². The summed E-state index contributed by atoms with van der Waals surface area (Å²) in [4.78, 5) is 35.5. The second-order valence-electron chi connectivity index (χ2n) is 26.9. The Kier molecular flexibility index (Phi) is 78.9. The van der Waals surface area contributed by atoms with Gasteiger partial charge in [-0.1, -0.05) is 384 Å². The topological polar surface area (TPSA) is 134 Å². The lowest BCUT2D eigenvalue weighted by Crippen LogP contribution is -2.29. The average molecular weight is 1400 g/mol. The van der Waals surface area contributed by atoms with Crippen LogP contribution in [0, 0.1) is 0 Å². The number of unbranched alkanes of at least 4 members (excludes halogenated alkanes) is 37. The molecule has 566 valence electrons. The Balaban J connectivity index is 3.82. The minimum Gasteiger partial charge on any atom is -0.462 e. The van der Waals surface area contributed by atoms with Crippen molar-refractivity contribution in [1.29, 1.82) is 0 Å². The molecular weight excluding hydrogens is 1240 g/mol. The van der Waals surface area contributed by atoms with E-state index in [4.69, 9.17) is 24.3 Å². The predicted molar refractivity (Wildman–Crippen MR) is 431 cm³/mol. The molecule has 0 rings (SSSR count). The van der Waals surface area contributed by atoms with Gasteiger partial charge in [0.05, 0.1) is 13.2 Å². The molecule has 0 radical (unpaired) electrons. The molecule has 0 aliphatic rings. The number of allylic oxidation sites excluding steroid dienone is 26. The highest BCUT2D eigenvalue weighted by atomic mass is 31.2. The molecular formula is C89H152NO8P. The quantitative estimate of drug-likeness (QED) is 0.0264. The molecule has 10 heteroatoms. The zero-order valence-electron chi connectivity index (χ0n) is 63.9. The summed E-state index contributed by atoms with van der Waals surface area (Å²) in [5.41, 5.74) is 5.42. The van der Waals surface area contributed by atoms with Gasteiger partial charge in [-0.25, -0.2) is 4.57 Å². The number of hydrogen-bond acceptors (Lipinski definition) is 8. The number of carbonyl (C=O) groups is 2. The van der Waals surface area contributed by atoms with Crippen LogP contribution in [-0.2, 0) is 32.7 Å². The Morgan fingerprint density at radius 1 is 0.303 bits per heavy atom. The molecule has 0 aromatic carbocycles. The average Bonchev–Trinajstić information content (AvgIpc) is 1.19. The summed E-state index contributed by atoms with van der Waals surface area (Å²) < 4.78 is 33.3. The van der Waals surface area contributed by atoms with Crippen LogP contribution in [0.15, 0.2) is 158 Å². The van der Waals surface area contributed by atoms with Crippen LogP contribution in [0.4, 0.5) is 0 Å². The molecule has 0 bridgehead atoms. The third-order valence-corrected chi connectivity index (χ3v) is 18.4. The van der Waals surface area contributed by atoms with Crippen LogP contribution in [0.25, 0.3) is 0 Å². The van der Waals surface area contributed by atoms with Gasteiger partial charge in [-0.15, -0.1) is 0 Å². The van der Waals surface area contributed by atoms with E-state index in [2.05, 4.69) is 172 Å². The van der Waals surface area contributed by atoms with Crippen LogP contribution in [0.5, 0.6) is 0 Å². The first-order valence-corrected chi connectivity index (χ1v) is 42.5. The van der Waals surface area contributed by atoms with Crippen LogP contribution < -0.4 is 5.73 Å². The summed E-state index contributed by atoms with van der Waals surface area (Å²) in [6.45, 7) is 3.55. The number of hydrogen-bond donors (Lipinski definition) is 2. The van der Waals surface area contributed by atoms with Crippen molar-refractivity contribution >= 4 is 19.8 Å². The Labute approximate surface area is 610 Å². The molecule has 3 N–H and O–H groups in total. The van der Waals surface area contributed by atoms with Gasteiger partial charge in [0.1, 0.15) is 6.61 Å². The van der Waals surface area contributed by atoms with E-state index in [-0.39, 0.29) is 38.6 Å². The van der Waals surface area contributed by atoms with Crippen molar-refractivity contribution in [1.82, 2.24) is 0 Å². The van der Waals surface area contributed by atoms with Crippen molar-refractivity contribution in [3.63, 3.8) is 0 Å². The van der Waals surface area contributed by atoms with Gasteiger partial charge in [0.25, 0.3) is 0 Å². The highest BCUT2D eigenvalue weighted by Gasteiger charge is 2.26. The largest absolute Gasteiger partial charge is 0.472 e. The third kappa shape index (κ3) is 82.5. The molecule has 9 nitrogen and oxygen atoms in total. The van der Waals surface area contributed by atoms with Gasteiger partial charge >= 0.3 is 19.8 Å². The van der Waals surface area contributed by atoms with Crippen molar-refractivity contribution in [2.24, 2.45) is 5.73 Å². The number of carbonyl (C=O) groups excluding carboxylic acids is 2. The van der Waals surface area contributed by atoms with Crippen LogP contribution in [0.1, 0.15) is 361 Å². The molecule has 0 heterocycles. The van der Waals surface area contributed by atoms with Crippen LogP contribution in [0.2, 0.25) is 0 Å². The summed E-state index contributed by atoms with van der Waals surface area (Å²) in [5.74, 6) is -0.818. The van der Waals surface area contributed by atoms with Gasteiger partial charge in [-0.3, -0.25) is 18.6 Å². The first kappa shape index (κ1) is 94.6. The minimum atomic E-state index is -4.40. The number of rotatable bonds is 76. The molecule has 0 amide bonds. The molecule has 0 fully saturated rings. The maximum absolute atomic E-state index is 12.8. The predicted octanol–water partition coefficient (Wildman–Crippen LogP) is 27.9. The van der Waals surface area contributed by atoms with E-state index >= 15 is 0 Å². The third-order valence-electron chi connectivity index (χ3n) is 17.4. The fourth-order valence-corrected chi connectivity index (χ4v) is 12.2. The summed E-state index contributed by atoms with van der Waals surface area (Å²) in [6.07, 6.45) is 121. The number of phosphoric acid groups is 1. The van der Waals surface area contributed by atoms with E-state index in [0.29, 0.717) is 6.42 Å². The Morgan fingerprint density at radius 3 is 0.778 bits per heavy atom. The molecule has 99 heavy (non-hydrogen) atoms. The molecule has 0 aliphatic heterocycles. The summed E-state index contributed by atoms with van der Waals surface area (Å²) in [6, 6.07) is 0. The van der Waals surface area contributed by atoms with Gasteiger partial charge in [-0.05, 0) is 122 Å². The van der Waals surface area contributed by atoms with Gasteiger partial charge in [0, 0.05) is 19.4 Å². The van der Waals surface area contributed by atoms with Crippen molar-refractivity contribution in [2.45, 2.75) is 367 Å². The molecule has 0 aromatic rings. The molecule has 0 saturated carbocycles. The molecule has 2 unspecified atom stereocenters. The maximum atomic E-state index is 12.8. The smallest absolute Gasteiger partial charge is 0.462 e. The van der Waals surface area contributed by atoms with Crippen LogP contribution >= 0.6 is 7.82 Å². The number of phosphoric ester groups is 1. The lowest BCUT2D eigenvalue weighted by atomic mass is 10.0. The van der Waals surface area contributed by atoms with Gasteiger partial charge in [0.2, 0.25) is 0 Å². The number of nitrogens with two attached hydrogens (primary N) is 1. The fraction of sp³-hybridized carbons (Fsp3) is 0.685. The van der Waals surface area contributed by atoms with Gasteiger partial charge in [-0.2, -0.15) is 0 Å². The second-order valence-corrected chi connectivity index (χ2v) is 28.3. The maximum Gasteiger partial charge on any atom is 0.472 e. The summed E-state index contributed by atoms with van der Waals surface area (Å²) in [7, 11) is -4.40. The first-order chi connectivity index (χ1) is 48.8. The van der Waals surface area contributed by atoms with E-state index in [0.717, 1.165) is 122 Å². The molecule has 2 atom stereocenters. The SMILES string of the molecule is CC/C=C\C/C=C\C/C=C\C/C=C\C/C=C\C/C=C\C/C=C\C/C=C\CCCCCCCCCCCCCCCCCCC(=O)OC(COC(=O)CCCCCCCCCCCCCCCCCCCCCCC/C=C\C/C=C\C/C=C\C/C=C\C/C=C\CC)COP(=O)(O)OCCN. The fourth-order valence-electron chi connectivity index (χ4n) is 11.4. The van der Waals surface area contributed by atoms with Crippen LogP contribution in [-0.4, -0.2) is 49.3 Å².